The molecule has 1 unspecified atom stereocenters. The van der Waals surface area contributed by atoms with Crippen molar-refractivity contribution in [3.63, 3.8) is 0 Å². The van der Waals surface area contributed by atoms with Crippen LogP contribution in [-0.4, -0.2) is 67.9 Å². The van der Waals surface area contributed by atoms with Gasteiger partial charge >= 0.3 is 0 Å². The van der Waals surface area contributed by atoms with Gasteiger partial charge in [-0.15, -0.1) is 0 Å². The van der Waals surface area contributed by atoms with Crippen molar-refractivity contribution in [3.05, 3.63) is 34.9 Å². The highest BCUT2D eigenvalue weighted by Gasteiger charge is 2.20. The summed E-state index contributed by atoms with van der Waals surface area (Å²) in [7, 11) is 2.15. The number of halogens is 1. The van der Waals surface area contributed by atoms with E-state index in [0.717, 1.165) is 43.3 Å². The van der Waals surface area contributed by atoms with E-state index >= 15 is 0 Å². The van der Waals surface area contributed by atoms with Crippen LogP contribution in [-0.2, 0) is 4.74 Å². The Morgan fingerprint density at radius 2 is 2.05 bits per heavy atom. The summed E-state index contributed by atoms with van der Waals surface area (Å²) in [6.45, 7) is 5.51. The molecule has 2 rings (SSSR count). The van der Waals surface area contributed by atoms with Gasteiger partial charge in [0, 0.05) is 37.7 Å². The molecule has 0 spiro atoms. The summed E-state index contributed by atoms with van der Waals surface area (Å²) in [5.41, 5.74) is 1.07. The van der Waals surface area contributed by atoms with Crippen LogP contribution in [0.4, 0.5) is 0 Å². The van der Waals surface area contributed by atoms with Gasteiger partial charge in [-0.05, 0) is 24.7 Å². The molecule has 1 N–H and O–H groups in total. The SMILES string of the molecule is CN1CCN(CC(OCCO)c2cccc(Cl)c2)CC1. The third-order valence-electron chi connectivity index (χ3n) is 3.65. The molecule has 0 aliphatic carbocycles. The number of aliphatic hydroxyl groups is 1. The second-order valence-corrected chi connectivity index (χ2v) is 5.68. The molecule has 5 heteroatoms. The van der Waals surface area contributed by atoms with Crippen LogP contribution in [0, 0.1) is 0 Å². The summed E-state index contributed by atoms with van der Waals surface area (Å²) in [5.74, 6) is 0. The second kappa shape index (κ2) is 7.96. The highest BCUT2D eigenvalue weighted by Crippen LogP contribution is 2.22. The molecule has 0 saturated carbocycles. The van der Waals surface area contributed by atoms with Gasteiger partial charge in [-0.3, -0.25) is 4.90 Å². The maximum absolute atomic E-state index is 8.99. The van der Waals surface area contributed by atoms with Crippen LogP contribution in [0.15, 0.2) is 24.3 Å². The lowest BCUT2D eigenvalue weighted by molar-refractivity contribution is -0.00117. The normalized spacial score (nSPS) is 19.1. The molecular weight excluding hydrogens is 276 g/mol. The van der Waals surface area contributed by atoms with Crippen LogP contribution in [0.1, 0.15) is 11.7 Å². The number of benzene rings is 1. The number of hydrogen-bond acceptors (Lipinski definition) is 4. The van der Waals surface area contributed by atoms with Crippen molar-refractivity contribution in [2.75, 3.05) is 53.0 Å². The van der Waals surface area contributed by atoms with E-state index in [4.69, 9.17) is 21.4 Å². The minimum Gasteiger partial charge on any atom is -0.394 e. The summed E-state index contributed by atoms with van der Waals surface area (Å²) in [6, 6.07) is 7.78. The van der Waals surface area contributed by atoms with Gasteiger partial charge in [0.15, 0.2) is 0 Å². The van der Waals surface area contributed by atoms with Crippen LogP contribution >= 0.6 is 11.6 Å². The molecule has 0 amide bonds. The number of nitrogens with zero attached hydrogens (tertiary/aromatic N) is 2. The fourth-order valence-corrected chi connectivity index (χ4v) is 2.62. The van der Waals surface area contributed by atoms with E-state index in [9.17, 15) is 0 Å². The maximum Gasteiger partial charge on any atom is 0.0953 e. The zero-order valence-corrected chi connectivity index (χ0v) is 12.7. The second-order valence-electron chi connectivity index (χ2n) is 5.24. The quantitative estimate of drug-likeness (QED) is 0.866. The Morgan fingerprint density at radius 1 is 1.30 bits per heavy atom. The maximum atomic E-state index is 8.99. The van der Waals surface area contributed by atoms with Gasteiger partial charge in [0.05, 0.1) is 19.3 Å². The summed E-state index contributed by atoms with van der Waals surface area (Å²) in [4.78, 5) is 4.74. The van der Waals surface area contributed by atoms with Gasteiger partial charge in [-0.1, -0.05) is 23.7 Å². The van der Waals surface area contributed by atoms with E-state index in [-0.39, 0.29) is 12.7 Å². The fourth-order valence-electron chi connectivity index (χ4n) is 2.42. The predicted molar refractivity (Wildman–Crippen MR) is 81.2 cm³/mol. The van der Waals surface area contributed by atoms with Gasteiger partial charge in [-0.25, -0.2) is 0 Å². The molecule has 4 nitrogen and oxygen atoms in total. The number of hydrogen-bond donors (Lipinski definition) is 1. The summed E-state index contributed by atoms with van der Waals surface area (Å²) in [6.07, 6.45) is -0.0377. The van der Waals surface area contributed by atoms with Crippen LogP contribution < -0.4 is 0 Å². The smallest absolute Gasteiger partial charge is 0.0953 e. The lowest BCUT2D eigenvalue weighted by Crippen LogP contribution is -2.46. The third-order valence-corrected chi connectivity index (χ3v) is 3.89. The first-order valence-corrected chi connectivity index (χ1v) is 7.45. The third kappa shape index (κ3) is 4.72. The van der Waals surface area contributed by atoms with E-state index in [2.05, 4.69) is 16.8 Å². The molecule has 1 aromatic rings. The molecule has 1 aliphatic heterocycles. The van der Waals surface area contributed by atoms with E-state index in [1.165, 1.54) is 0 Å². The van der Waals surface area contributed by atoms with Crippen LogP contribution in [0.3, 0.4) is 0 Å². The molecule has 1 fully saturated rings. The lowest BCUT2D eigenvalue weighted by Gasteiger charge is -2.34. The molecule has 0 aromatic heterocycles. The Balaban J connectivity index is 1.99. The van der Waals surface area contributed by atoms with E-state index in [0.29, 0.717) is 6.61 Å². The number of ether oxygens (including phenoxy) is 1. The van der Waals surface area contributed by atoms with Gasteiger partial charge in [0.2, 0.25) is 0 Å². The Labute approximate surface area is 125 Å². The highest BCUT2D eigenvalue weighted by molar-refractivity contribution is 6.30. The Kier molecular flexibility index (Phi) is 6.26. The number of likely N-dealkylation sites (N-methyl/N-ethyl adjacent to an activating group) is 1. The fraction of sp³-hybridized carbons (Fsp3) is 0.600. The van der Waals surface area contributed by atoms with Gasteiger partial charge in [0.25, 0.3) is 0 Å². The van der Waals surface area contributed by atoms with Crippen LogP contribution in [0.25, 0.3) is 0 Å². The Hall–Kier alpha value is -0.650. The molecule has 0 radical (unpaired) electrons. The molecule has 112 valence electrons. The van der Waals surface area contributed by atoms with Gasteiger partial charge < -0.3 is 14.7 Å². The average molecular weight is 299 g/mol. The highest BCUT2D eigenvalue weighted by atomic mass is 35.5. The molecule has 1 aromatic carbocycles. The lowest BCUT2D eigenvalue weighted by atomic mass is 10.1. The van der Waals surface area contributed by atoms with Crippen LogP contribution in [0.5, 0.6) is 0 Å². The van der Waals surface area contributed by atoms with Gasteiger partial charge in [-0.2, -0.15) is 0 Å². The van der Waals surface area contributed by atoms with Crippen molar-refractivity contribution < 1.29 is 9.84 Å². The van der Waals surface area contributed by atoms with Crippen molar-refractivity contribution in [1.82, 2.24) is 9.80 Å². The topological polar surface area (TPSA) is 35.9 Å². The first-order valence-electron chi connectivity index (χ1n) is 7.08. The Morgan fingerprint density at radius 3 is 2.70 bits per heavy atom. The standard InChI is InChI=1S/C15H23ClN2O2/c1-17-5-7-18(8-6-17)12-15(20-10-9-19)13-3-2-4-14(16)11-13/h2-4,11,15,19H,5-10,12H2,1H3. The van der Waals surface area contributed by atoms with Crippen molar-refractivity contribution in [2.45, 2.75) is 6.10 Å². The number of piperazine rings is 1. The zero-order valence-electron chi connectivity index (χ0n) is 12.0. The van der Waals surface area contributed by atoms with E-state index in [1.54, 1.807) is 0 Å². The monoisotopic (exact) mass is 298 g/mol. The largest absolute Gasteiger partial charge is 0.394 e. The number of rotatable bonds is 6. The molecule has 1 saturated heterocycles. The first-order chi connectivity index (χ1) is 9.69. The van der Waals surface area contributed by atoms with Crippen LogP contribution in [0.2, 0.25) is 5.02 Å². The summed E-state index contributed by atoms with van der Waals surface area (Å²) < 4.78 is 5.80. The molecule has 1 heterocycles. The summed E-state index contributed by atoms with van der Waals surface area (Å²) >= 11 is 6.06. The minimum absolute atomic E-state index is 0.0377. The van der Waals surface area contributed by atoms with Crippen molar-refractivity contribution >= 4 is 11.6 Å². The van der Waals surface area contributed by atoms with Gasteiger partial charge in [0.1, 0.15) is 0 Å². The average Bonchev–Trinajstić information content (AvgIpc) is 2.45. The predicted octanol–water partition coefficient (Wildman–Crippen LogP) is 1.64. The molecular formula is C15H23ClN2O2. The molecule has 20 heavy (non-hydrogen) atoms. The molecule has 1 aliphatic rings. The Bertz CT molecular complexity index is 409. The van der Waals surface area contributed by atoms with Crippen molar-refractivity contribution in [2.24, 2.45) is 0 Å². The number of aliphatic hydroxyl groups excluding tert-OH is 1. The van der Waals surface area contributed by atoms with Crippen molar-refractivity contribution in [3.8, 4) is 0 Å². The van der Waals surface area contributed by atoms with Crippen molar-refractivity contribution in [1.29, 1.82) is 0 Å². The summed E-state index contributed by atoms with van der Waals surface area (Å²) in [5, 5.41) is 9.71. The molecule has 0 bridgehead atoms. The van der Waals surface area contributed by atoms with E-state index in [1.807, 2.05) is 24.3 Å². The minimum atomic E-state index is -0.0377. The first kappa shape index (κ1) is 15.7. The van der Waals surface area contributed by atoms with E-state index < -0.39 is 0 Å². The zero-order chi connectivity index (χ0) is 14.4. The molecule has 1 atom stereocenters.